The lowest BCUT2D eigenvalue weighted by Crippen LogP contribution is -2.15. The first-order chi connectivity index (χ1) is 8.33. The largest absolute Gasteiger partial charge is 0.410 e. The van der Waals surface area contributed by atoms with E-state index in [1.54, 1.807) is 48.5 Å². The Morgan fingerprint density at radius 3 is 1.76 bits per heavy atom. The van der Waals surface area contributed by atoms with Gasteiger partial charge in [-0.15, -0.1) is 0 Å². The van der Waals surface area contributed by atoms with Crippen molar-refractivity contribution in [2.45, 2.75) is 0 Å². The number of nitrogens with zero attached hydrogens (tertiary/aromatic N) is 1. The van der Waals surface area contributed by atoms with E-state index in [0.717, 1.165) is 0 Å². The summed E-state index contributed by atoms with van der Waals surface area (Å²) in [4.78, 5) is 12.1. The standard InChI is InChI=1S/C14H11NO2/c16-14(12-9-5-2-6-10-12)13(15-17)11-7-3-1-4-8-11/h1-10,17H. The van der Waals surface area contributed by atoms with Crippen LogP contribution in [-0.4, -0.2) is 16.7 Å². The van der Waals surface area contributed by atoms with Gasteiger partial charge >= 0.3 is 0 Å². The summed E-state index contributed by atoms with van der Waals surface area (Å²) in [6.45, 7) is 0. The van der Waals surface area contributed by atoms with Crippen molar-refractivity contribution in [3.63, 3.8) is 0 Å². The normalized spacial score (nSPS) is 11.2. The molecule has 0 radical (unpaired) electrons. The molecule has 0 amide bonds. The van der Waals surface area contributed by atoms with E-state index in [2.05, 4.69) is 5.16 Å². The Kier molecular flexibility index (Phi) is 3.31. The predicted octanol–water partition coefficient (Wildman–Crippen LogP) is 2.75. The molecule has 3 heteroatoms. The van der Waals surface area contributed by atoms with Gasteiger partial charge < -0.3 is 5.21 Å². The number of ketones is 1. The Morgan fingerprint density at radius 2 is 1.29 bits per heavy atom. The van der Waals surface area contributed by atoms with Gasteiger partial charge in [-0.05, 0) is 0 Å². The van der Waals surface area contributed by atoms with Crippen molar-refractivity contribution in [2.24, 2.45) is 5.16 Å². The van der Waals surface area contributed by atoms with Crippen LogP contribution in [0.5, 0.6) is 0 Å². The maximum Gasteiger partial charge on any atom is 0.215 e. The summed E-state index contributed by atoms with van der Waals surface area (Å²) in [7, 11) is 0. The zero-order chi connectivity index (χ0) is 12.1. The van der Waals surface area contributed by atoms with Gasteiger partial charge in [-0.3, -0.25) is 4.79 Å². The third-order valence-corrected chi connectivity index (χ3v) is 2.40. The van der Waals surface area contributed by atoms with Gasteiger partial charge in [0.1, 0.15) is 0 Å². The summed E-state index contributed by atoms with van der Waals surface area (Å²) in [5, 5.41) is 12.1. The van der Waals surface area contributed by atoms with E-state index in [1.807, 2.05) is 12.1 Å². The van der Waals surface area contributed by atoms with Crippen LogP contribution in [0.3, 0.4) is 0 Å². The van der Waals surface area contributed by atoms with Gasteiger partial charge in [-0.25, -0.2) is 0 Å². The van der Waals surface area contributed by atoms with Crippen molar-refractivity contribution in [1.29, 1.82) is 0 Å². The van der Waals surface area contributed by atoms with Gasteiger partial charge in [0.25, 0.3) is 0 Å². The zero-order valence-corrected chi connectivity index (χ0v) is 9.08. The number of rotatable bonds is 3. The molecule has 0 aliphatic heterocycles. The highest BCUT2D eigenvalue weighted by molar-refractivity contribution is 6.51. The number of hydrogen-bond acceptors (Lipinski definition) is 3. The summed E-state index contributed by atoms with van der Waals surface area (Å²) in [5.41, 5.74) is 1.16. The third-order valence-electron chi connectivity index (χ3n) is 2.40. The number of carbonyl (C=O) groups is 1. The summed E-state index contributed by atoms with van der Waals surface area (Å²) in [6, 6.07) is 17.6. The first kappa shape index (κ1) is 11.1. The quantitative estimate of drug-likeness (QED) is 0.378. The maximum atomic E-state index is 12.1. The van der Waals surface area contributed by atoms with Crippen LogP contribution in [0.4, 0.5) is 0 Å². The average Bonchev–Trinajstić information content (AvgIpc) is 2.42. The topological polar surface area (TPSA) is 49.7 Å². The van der Waals surface area contributed by atoms with Crippen molar-refractivity contribution in [1.82, 2.24) is 0 Å². The van der Waals surface area contributed by atoms with Crippen LogP contribution in [-0.2, 0) is 0 Å². The molecule has 0 aliphatic rings. The lowest BCUT2D eigenvalue weighted by atomic mass is 10.0. The average molecular weight is 225 g/mol. The van der Waals surface area contributed by atoms with Crippen molar-refractivity contribution < 1.29 is 10.0 Å². The van der Waals surface area contributed by atoms with E-state index in [1.165, 1.54) is 0 Å². The summed E-state index contributed by atoms with van der Waals surface area (Å²) < 4.78 is 0. The molecule has 0 bridgehead atoms. The molecule has 0 aromatic heterocycles. The van der Waals surface area contributed by atoms with Crippen LogP contribution < -0.4 is 0 Å². The van der Waals surface area contributed by atoms with Crippen LogP contribution >= 0.6 is 0 Å². The first-order valence-corrected chi connectivity index (χ1v) is 5.20. The molecule has 0 unspecified atom stereocenters. The number of oxime groups is 1. The highest BCUT2D eigenvalue weighted by atomic mass is 16.4. The minimum Gasteiger partial charge on any atom is -0.410 e. The highest BCUT2D eigenvalue weighted by Gasteiger charge is 2.15. The van der Waals surface area contributed by atoms with E-state index >= 15 is 0 Å². The van der Waals surface area contributed by atoms with Crippen LogP contribution in [0.2, 0.25) is 0 Å². The Labute approximate surface area is 99.0 Å². The molecule has 0 fully saturated rings. The van der Waals surface area contributed by atoms with Gasteiger partial charge in [0, 0.05) is 11.1 Å². The Balaban J connectivity index is 2.37. The minimum absolute atomic E-state index is 0.0526. The summed E-state index contributed by atoms with van der Waals surface area (Å²) in [6.07, 6.45) is 0. The third kappa shape index (κ3) is 2.39. The molecule has 0 aliphatic carbocycles. The van der Waals surface area contributed by atoms with E-state index in [4.69, 9.17) is 5.21 Å². The number of benzene rings is 2. The molecule has 0 saturated carbocycles. The van der Waals surface area contributed by atoms with Gasteiger partial charge in [0.05, 0.1) is 0 Å². The van der Waals surface area contributed by atoms with Gasteiger partial charge in [-0.2, -0.15) is 0 Å². The van der Waals surface area contributed by atoms with Crippen LogP contribution in [0.25, 0.3) is 0 Å². The van der Waals surface area contributed by atoms with Crippen LogP contribution in [0.15, 0.2) is 65.8 Å². The molecule has 0 atom stereocenters. The highest BCUT2D eigenvalue weighted by Crippen LogP contribution is 2.08. The first-order valence-electron chi connectivity index (χ1n) is 5.20. The summed E-state index contributed by atoms with van der Waals surface area (Å²) >= 11 is 0. The fourth-order valence-corrected chi connectivity index (χ4v) is 1.56. The molecule has 0 heterocycles. The Hall–Kier alpha value is -2.42. The SMILES string of the molecule is O=C(C(=NO)c1ccccc1)c1ccccc1. The van der Waals surface area contributed by atoms with Crippen molar-refractivity contribution >= 4 is 11.5 Å². The minimum atomic E-state index is -0.292. The lowest BCUT2D eigenvalue weighted by Gasteiger charge is -2.03. The second-order valence-electron chi connectivity index (χ2n) is 3.51. The molecule has 2 rings (SSSR count). The predicted molar refractivity (Wildman–Crippen MR) is 65.5 cm³/mol. The zero-order valence-electron chi connectivity index (χ0n) is 9.08. The molecule has 3 nitrogen and oxygen atoms in total. The Bertz CT molecular complexity index is 533. The molecule has 2 aromatic rings. The van der Waals surface area contributed by atoms with Crippen molar-refractivity contribution in [2.75, 3.05) is 0 Å². The molecule has 2 aromatic carbocycles. The van der Waals surface area contributed by atoms with Gasteiger partial charge in [0.2, 0.25) is 5.78 Å². The molecular weight excluding hydrogens is 214 g/mol. The molecule has 17 heavy (non-hydrogen) atoms. The van der Waals surface area contributed by atoms with Gasteiger partial charge in [0.15, 0.2) is 5.71 Å². The Morgan fingerprint density at radius 1 is 0.824 bits per heavy atom. The van der Waals surface area contributed by atoms with Crippen LogP contribution in [0, 0.1) is 0 Å². The number of hydrogen-bond donors (Lipinski definition) is 1. The molecule has 0 spiro atoms. The molecule has 84 valence electrons. The summed E-state index contributed by atoms with van der Waals surface area (Å²) in [5.74, 6) is -0.292. The second-order valence-corrected chi connectivity index (χ2v) is 3.51. The van der Waals surface area contributed by atoms with Gasteiger partial charge in [-0.1, -0.05) is 65.8 Å². The maximum absolute atomic E-state index is 12.1. The lowest BCUT2D eigenvalue weighted by molar-refractivity contribution is 0.106. The fraction of sp³-hybridized carbons (Fsp3) is 0. The van der Waals surface area contributed by atoms with Crippen LogP contribution in [0.1, 0.15) is 15.9 Å². The fourth-order valence-electron chi connectivity index (χ4n) is 1.56. The second kappa shape index (κ2) is 5.07. The number of Topliss-reactive ketones (excluding diaryl/α,β-unsaturated/α-hetero) is 1. The molecular formula is C14H11NO2. The smallest absolute Gasteiger partial charge is 0.215 e. The van der Waals surface area contributed by atoms with E-state index in [0.29, 0.717) is 11.1 Å². The van der Waals surface area contributed by atoms with E-state index in [9.17, 15) is 4.79 Å². The van der Waals surface area contributed by atoms with Crippen molar-refractivity contribution in [3.05, 3.63) is 71.8 Å². The van der Waals surface area contributed by atoms with E-state index in [-0.39, 0.29) is 11.5 Å². The molecule has 1 N–H and O–H groups in total. The monoisotopic (exact) mass is 225 g/mol. The number of carbonyl (C=O) groups excluding carboxylic acids is 1. The van der Waals surface area contributed by atoms with E-state index < -0.39 is 0 Å². The van der Waals surface area contributed by atoms with Crippen molar-refractivity contribution in [3.8, 4) is 0 Å². The molecule has 0 saturated heterocycles.